The van der Waals surface area contributed by atoms with Crippen LogP contribution in [0.2, 0.25) is 0 Å². The smallest absolute Gasteiger partial charge is 0.255 e. The minimum atomic E-state index is -0.166. The molecule has 9 heteroatoms. The van der Waals surface area contributed by atoms with Gasteiger partial charge in [0.05, 0.1) is 28.4 Å². The summed E-state index contributed by atoms with van der Waals surface area (Å²) in [6.45, 7) is 0. The molecule has 1 amide bonds. The quantitative estimate of drug-likeness (QED) is 0.177. The van der Waals surface area contributed by atoms with Gasteiger partial charge in [0, 0.05) is 22.4 Å². The van der Waals surface area contributed by atoms with Crippen molar-refractivity contribution in [1.29, 1.82) is 0 Å². The van der Waals surface area contributed by atoms with Gasteiger partial charge in [-0.25, -0.2) is 4.98 Å². The van der Waals surface area contributed by atoms with Crippen LogP contribution in [0.3, 0.4) is 0 Å². The first-order chi connectivity index (χ1) is 20.5. The molecule has 0 aliphatic carbocycles. The third kappa shape index (κ3) is 6.26. The molecule has 0 saturated carbocycles. The molecule has 0 bridgehead atoms. The Morgan fingerprint density at radius 3 is 2.02 bits per heavy atom. The topological polar surface area (TPSA) is 91.8 Å². The van der Waals surface area contributed by atoms with Gasteiger partial charge < -0.3 is 24.3 Å². The summed E-state index contributed by atoms with van der Waals surface area (Å²) in [7, 11) is 6.37. The standard InChI is InChI=1S/C33H29N3O5S/c1-38-26-16-10-21(11-17-26)18-27(24-19-28(39-2)30(41-4)29(20-24)40-3)31-35-33(42-36-31)23-12-14-25(15-13-23)34-32(37)22-8-6-5-7-9-22/h5-20H,1-4H3,(H,34,37)/b27-18+. The largest absolute Gasteiger partial charge is 0.497 e. The number of hydrogen-bond acceptors (Lipinski definition) is 8. The van der Waals surface area contributed by atoms with Crippen LogP contribution in [0.5, 0.6) is 23.0 Å². The van der Waals surface area contributed by atoms with E-state index in [1.807, 2.05) is 84.9 Å². The summed E-state index contributed by atoms with van der Waals surface area (Å²) in [5.74, 6) is 2.69. The lowest BCUT2D eigenvalue weighted by Gasteiger charge is -2.15. The lowest BCUT2D eigenvalue weighted by atomic mass is 10.0. The van der Waals surface area contributed by atoms with Crippen molar-refractivity contribution in [1.82, 2.24) is 9.36 Å². The van der Waals surface area contributed by atoms with Crippen LogP contribution in [0.25, 0.3) is 22.2 Å². The van der Waals surface area contributed by atoms with Crippen molar-refractivity contribution in [3.05, 3.63) is 114 Å². The average Bonchev–Trinajstić information content (AvgIpc) is 3.54. The number of carbonyl (C=O) groups excluding carboxylic acids is 1. The molecule has 0 aliphatic rings. The van der Waals surface area contributed by atoms with Gasteiger partial charge in [-0.3, -0.25) is 4.79 Å². The zero-order chi connectivity index (χ0) is 29.5. The van der Waals surface area contributed by atoms with Gasteiger partial charge in [-0.2, -0.15) is 4.37 Å². The maximum atomic E-state index is 12.5. The number of nitrogens with zero attached hydrogens (tertiary/aromatic N) is 2. The third-order valence-corrected chi connectivity index (χ3v) is 7.26. The van der Waals surface area contributed by atoms with Crippen molar-refractivity contribution in [2.24, 2.45) is 0 Å². The molecule has 1 aromatic heterocycles. The highest BCUT2D eigenvalue weighted by Crippen LogP contribution is 2.41. The van der Waals surface area contributed by atoms with Crippen molar-refractivity contribution in [3.63, 3.8) is 0 Å². The SMILES string of the molecule is COc1ccc(/C=C(\c2cc(OC)c(OC)c(OC)c2)c2nsc(-c3ccc(NC(=O)c4ccccc4)cc3)n2)cc1. The number of rotatable bonds is 10. The summed E-state index contributed by atoms with van der Waals surface area (Å²) in [6, 6.07) is 28.1. The van der Waals surface area contributed by atoms with E-state index in [4.69, 9.17) is 28.3 Å². The number of benzene rings is 4. The Balaban J connectivity index is 1.49. The molecule has 0 fully saturated rings. The first kappa shape index (κ1) is 28.4. The molecule has 0 unspecified atom stereocenters. The fraction of sp³-hybridized carbons (Fsp3) is 0.121. The second-order valence-electron chi connectivity index (χ2n) is 9.07. The molecule has 42 heavy (non-hydrogen) atoms. The Morgan fingerprint density at radius 1 is 0.762 bits per heavy atom. The molecule has 0 aliphatic heterocycles. The predicted octanol–water partition coefficient (Wildman–Crippen LogP) is 7.08. The molecule has 0 spiro atoms. The van der Waals surface area contributed by atoms with Crippen LogP contribution >= 0.6 is 11.5 Å². The fourth-order valence-corrected chi connectivity index (χ4v) is 5.00. The van der Waals surface area contributed by atoms with E-state index in [9.17, 15) is 4.79 Å². The van der Waals surface area contributed by atoms with Crippen LogP contribution in [-0.4, -0.2) is 43.7 Å². The monoisotopic (exact) mass is 579 g/mol. The van der Waals surface area contributed by atoms with Crippen molar-refractivity contribution in [2.75, 3.05) is 33.8 Å². The second kappa shape index (κ2) is 13.0. The first-order valence-electron chi connectivity index (χ1n) is 13.0. The number of methoxy groups -OCH3 is 4. The summed E-state index contributed by atoms with van der Waals surface area (Å²) in [6.07, 6.45) is 2.01. The van der Waals surface area contributed by atoms with Crippen LogP contribution in [0.15, 0.2) is 91.0 Å². The van der Waals surface area contributed by atoms with Crippen molar-refractivity contribution >= 4 is 34.8 Å². The zero-order valence-electron chi connectivity index (χ0n) is 23.6. The van der Waals surface area contributed by atoms with Gasteiger partial charge >= 0.3 is 0 Å². The molecule has 0 radical (unpaired) electrons. The van der Waals surface area contributed by atoms with E-state index in [2.05, 4.69) is 5.32 Å². The van der Waals surface area contributed by atoms with E-state index in [0.29, 0.717) is 34.3 Å². The van der Waals surface area contributed by atoms with Crippen LogP contribution < -0.4 is 24.3 Å². The van der Waals surface area contributed by atoms with E-state index in [1.54, 1.807) is 40.6 Å². The molecule has 1 N–H and O–H groups in total. The number of anilines is 1. The third-order valence-electron chi connectivity index (χ3n) is 6.50. The molecular formula is C33H29N3O5S. The maximum Gasteiger partial charge on any atom is 0.255 e. The Bertz CT molecular complexity index is 1670. The second-order valence-corrected chi connectivity index (χ2v) is 9.82. The van der Waals surface area contributed by atoms with E-state index in [-0.39, 0.29) is 5.91 Å². The molecule has 5 rings (SSSR count). The molecule has 0 atom stereocenters. The van der Waals surface area contributed by atoms with Gasteiger partial charge in [0.2, 0.25) is 5.75 Å². The summed E-state index contributed by atoms with van der Waals surface area (Å²) >= 11 is 1.29. The molecule has 5 aromatic rings. The van der Waals surface area contributed by atoms with Crippen molar-refractivity contribution in [3.8, 4) is 33.6 Å². The molecule has 8 nitrogen and oxygen atoms in total. The fourth-order valence-electron chi connectivity index (χ4n) is 4.32. The number of nitrogens with one attached hydrogen (secondary N) is 1. The number of carbonyl (C=O) groups is 1. The molecule has 4 aromatic carbocycles. The molecule has 0 saturated heterocycles. The van der Waals surface area contributed by atoms with Crippen LogP contribution in [0, 0.1) is 0 Å². The number of aromatic nitrogens is 2. The van der Waals surface area contributed by atoms with Gasteiger partial charge in [0.25, 0.3) is 5.91 Å². The number of amides is 1. The minimum Gasteiger partial charge on any atom is -0.497 e. The van der Waals surface area contributed by atoms with Gasteiger partial charge in [-0.1, -0.05) is 30.3 Å². The molecule has 1 heterocycles. The summed E-state index contributed by atoms with van der Waals surface area (Å²) < 4.78 is 26.8. The first-order valence-corrected chi connectivity index (χ1v) is 13.8. The molecular weight excluding hydrogens is 550 g/mol. The van der Waals surface area contributed by atoms with Gasteiger partial charge in [-0.05, 0) is 89.4 Å². The van der Waals surface area contributed by atoms with Crippen LogP contribution in [0.1, 0.15) is 27.3 Å². The number of hydrogen-bond donors (Lipinski definition) is 1. The number of ether oxygens (including phenoxy) is 4. The van der Waals surface area contributed by atoms with E-state index in [1.165, 1.54) is 11.5 Å². The van der Waals surface area contributed by atoms with E-state index in [0.717, 1.165) is 33.0 Å². The lowest BCUT2D eigenvalue weighted by molar-refractivity contribution is 0.102. The Morgan fingerprint density at radius 2 is 1.43 bits per heavy atom. The highest BCUT2D eigenvalue weighted by molar-refractivity contribution is 7.09. The minimum absolute atomic E-state index is 0.166. The van der Waals surface area contributed by atoms with E-state index < -0.39 is 0 Å². The summed E-state index contributed by atoms with van der Waals surface area (Å²) in [5, 5.41) is 3.66. The van der Waals surface area contributed by atoms with E-state index >= 15 is 0 Å². The van der Waals surface area contributed by atoms with Gasteiger partial charge in [-0.15, -0.1) is 0 Å². The van der Waals surface area contributed by atoms with Crippen LogP contribution in [-0.2, 0) is 0 Å². The van der Waals surface area contributed by atoms with Crippen molar-refractivity contribution in [2.45, 2.75) is 0 Å². The van der Waals surface area contributed by atoms with Gasteiger partial charge in [0.1, 0.15) is 10.8 Å². The molecule has 212 valence electrons. The van der Waals surface area contributed by atoms with Crippen molar-refractivity contribution < 1.29 is 23.7 Å². The average molecular weight is 580 g/mol. The van der Waals surface area contributed by atoms with Crippen LogP contribution in [0.4, 0.5) is 5.69 Å². The lowest BCUT2D eigenvalue weighted by Crippen LogP contribution is -2.11. The zero-order valence-corrected chi connectivity index (χ0v) is 24.4. The summed E-state index contributed by atoms with van der Waals surface area (Å²) in [5.41, 5.74) is 4.67. The highest BCUT2D eigenvalue weighted by atomic mass is 32.1. The Kier molecular flexibility index (Phi) is 8.79. The predicted molar refractivity (Wildman–Crippen MR) is 166 cm³/mol. The van der Waals surface area contributed by atoms with Gasteiger partial charge in [0.15, 0.2) is 17.3 Å². The Labute approximate surface area is 248 Å². The highest BCUT2D eigenvalue weighted by Gasteiger charge is 2.19. The summed E-state index contributed by atoms with van der Waals surface area (Å²) in [4.78, 5) is 17.4. The Hall–Kier alpha value is -5.15. The normalized spacial score (nSPS) is 11.1. The maximum absolute atomic E-state index is 12.5.